The predicted octanol–water partition coefficient (Wildman–Crippen LogP) is -0.637. The van der Waals surface area contributed by atoms with Crippen LogP contribution in [-0.2, 0) is 7.05 Å². The Hall–Kier alpha value is -1.32. The van der Waals surface area contributed by atoms with Gasteiger partial charge in [0.2, 0.25) is 0 Å². The van der Waals surface area contributed by atoms with E-state index in [9.17, 15) is 4.79 Å². The van der Waals surface area contributed by atoms with Crippen LogP contribution in [0.4, 0.5) is 5.69 Å². The highest BCUT2D eigenvalue weighted by atomic mass is 16.1. The Labute approximate surface area is 51.9 Å². The van der Waals surface area contributed by atoms with E-state index in [0.717, 1.165) is 0 Å². The van der Waals surface area contributed by atoms with Crippen molar-refractivity contribution >= 4 is 5.69 Å². The summed E-state index contributed by atoms with van der Waals surface area (Å²) in [6, 6.07) is 1.33. The molecule has 2 N–H and O–H groups in total. The smallest absolute Gasteiger partial charge is 0.268 e. The summed E-state index contributed by atoms with van der Waals surface area (Å²) in [4.78, 5) is 10.7. The topological polar surface area (TPSA) is 60.9 Å². The van der Waals surface area contributed by atoms with Crippen LogP contribution in [0.25, 0.3) is 0 Å². The van der Waals surface area contributed by atoms with Gasteiger partial charge in [-0.25, -0.2) is 4.68 Å². The highest BCUT2D eigenvalue weighted by molar-refractivity contribution is 5.31. The second kappa shape index (κ2) is 1.89. The maximum absolute atomic E-state index is 10.7. The fourth-order valence-electron chi connectivity index (χ4n) is 0.483. The van der Waals surface area contributed by atoms with Crippen molar-refractivity contribution in [3.05, 3.63) is 22.6 Å². The summed E-state index contributed by atoms with van der Waals surface area (Å²) in [5.41, 5.74) is 5.47. The monoisotopic (exact) mass is 125 g/mol. The Morgan fingerprint density at radius 1 is 1.78 bits per heavy atom. The number of nitrogens with two attached hydrogens (primary N) is 1. The molecule has 9 heavy (non-hydrogen) atoms. The first-order valence-corrected chi connectivity index (χ1v) is 2.49. The molecule has 1 heterocycles. The van der Waals surface area contributed by atoms with Crippen molar-refractivity contribution in [3.8, 4) is 0 Å². The second-order valence-corrected chi connectivity index (χ2v) is 1.75. The minimum Gasteiger partial charge on any atom is -0.397 e. The van der Waals surface area contributed by atoms with Gasteiger partial charge < -0.3 is 5.73 Å². The van der Waals surface area contributed by atoms with Gasteiger partial charge in [0.25, 0.3) is 5.56 Å². The lowest BCUT2D eigenvalue weighted by Crippen LogP contribution is -2.18. The van der Waals surface area contributed by atoms with Crippen LogP contribution in [0.3, 0.4) is 0 Å². The van der Waals surface area contributed by atoms with Gasteiger partial charge in [-0.05, 0) is 0 Å². The van der Waals surface area contributed by atoms with Gasteiger partial charge in [0.05, 0.1) is 11.9 Å². The minimum atomic E-state index is -0.185. The molecular formula is C5H7N3O. The van der Waals surface area contributed by atoms with E-state index in [2.05, 4.69) is 5.10 Å². The van der Waals surface area contributed by atoms with Crippen LogP contribution in [0.2, 0.25) is 0 Å². The molecule has 0 unspecified atom stereocenters. The van der Waals surface area contributed by atoms with E-state index < -0.39 is 0 Å². The van der Waals surface area contributed by atoms with Crippen LogP contribution < -0.4 is 11.3 Å². The van der Waals surface area contributed by atoms with Gasteiger partial charge in [-0.2, -0.15) is 5.10 Å². The summed E-state index contributed by atoms with van der Waals surface area (Å²) in [6.45, 7) is 0. The fraction of sp³-hybridized carbons (Fsp3) is 0.200. The van der Waals surface area contributed by atoms with Crippen molar-refractivity contribution in [3.63, 3.8) is 0 Å². The predicted molar refractivity (Wildman–Crippen MR) is 33.9 cm³/mol. The summed E-state index contributed by atoms with van der Waals surface area (Å²) in [6.07, 6.45) is 1.43. The van der Waals surface area contributed by atoms with Crippen molar-refractivity contribution in [1.29, 1.82) is 0 Å². The average Bonchev–Trinajstić information content (AvgIpc) is 1.80. The summed E-state index contributed by atoms with van der Waals surface area (Å²) < 4.78 is 1.22. The third-order valence-electron chi connectivity index (χ3n) is 0.989. The first-order valence-electron chi connectivity index (χ1n) is 2.49. The van der Waals surface area contributed by atoms with Crippen LogP contribution >= 0.6 is 0 Å². The van der Waals surface area contributed by atoms with Gasteiger partial charge in [-0.15, -0.1) is 0 Å². The van der Waals surface area contributed by atoms with E-state index in [1.54, 1.807) is 7.05 Å². The number of rotatable bonds is 0. The third-order valence-corrected chi connectivity index (χ3v) is 0.989. The summed E-state index contributed by atoms with van der Waals surface area (Å²) in [5.74, 6) is 0. The van der Waals surface area contributed by atoms with Crippen LogP contribution in [0.1, 0.15) is 0 Å². The summed E-state index contributed by atoms with van der Waals surface area (Å²) in [7, 11) is 1.57. The van der Waals surface area contributed by atoms with Gasteiger partial charge in [0.15, 0.2) is 0 Å². The van der Waals surface area contributed by atoms with E-state index in [-0.39, 0.29) is 5.56 Å². The number of nitrogen functional groups attached to an aromatic ring is 1. The zero-order chi connectivity index (χ0) is 6.85. The Morgan fingerprint density at radius 3 is 2.89 bits per heavy atom. The second-order valence-electron chi connectivity index (χ2n) is 1.75. The zero-order valence-electron chi connectivity index (χ0n) is 5.03. The maximum Gasteiger partial charge on any atom is 0.268 e. The quantitative estimate of drug-likeness (QED) is 0.501. The number of nitrogens with zero attached hydrogens (tertiary/aromatic N) is 2. The lowest BCUT2D eigenvalue weighted by Gasteiger charge is -1.92. The molecule has 0 spiro atoms. The lowest BCUT2D eigenvalue weighted by atomic mass is 10.5. The first kappa shape index (κ1) is 5.81. The fourth-order valence-corrected chi connectivity index (χ4v) is 0.483. The van der Waals surface area contributed by atoms with E-state index in [1.165, 1.54) is 16.9 Å². The molecule has 0 radical (unpaired) electrons. The molecule has 0 saturated carbocycles. The molecule has 4 nitrogen and oxygen atoms in total. The van der Waals surface area contributed by atoms with Crippen molar-refractivity contribution in [2.45, 2.75) is 0 Å². The molecular weight excluding hydrogens is 118 g/mol. The maximum atomic E-state index is 10.7. The Morgan fingerprint density at radius 2 is 2.44 bits per heavy atom. The van der Waals surface area contributed by atoms with Crippen LogP contribution in [0.15, 0.2) is 17.1 Å². The van der Waals surface area contributed by atoms with Gasteiger partial charge in [0, 0.05) is 13.1 Å². The van der Waals surface area contributed by atoms with Gasteiger partial charge in [-0.3, -0.25) is 4.79 Å². The molecule has 0 aliphatic heterocycles. The standard InChI is InChI=1S/C5H7N3O/c1-8-5(9)2-4(6)3-7-8/h2-3H,6H2,1H3. The van der Waals surface area contributed by atoms with E-state index in [4.69, 9.17) is 5.73 Å². The SMILES string of the molecule is Cn1ncc(N)cc1=O. The average molecular weight is 125 g/mol. The van der Waals surface area contributed by atoms with Crippen molar-refractivity contribution in [2.24, 2.45) is 7.05 Å². The van der Waals surface area contributed by atoms with Gasteiger partial charge in [0.1, 0.15) is 0 Å². The zero-order valence-corrected chi connectivity index (χ0v) is 5.03. The number of aryl methyl sites for hydroxylation is 1. The molecule has 0 aromatic carbocycles. The highest BCUT2D eigenvalue weighted by Crippen LogP contribution is 1.87. The van der Waals surface area contributed by atoms with Crippen LogP contribution in [0, 0.1) is 0 Å². The Kier molecular flexibility index (Phi) is 1.22. The molecule has 1 aromatic rings. The third kappa shape index (κ3) is 1.07. The summed E-state index contributed by atoms with van der Waals surface area (Å²) in [5, 5.41) is 3.66. The van der Waals surface area contributed by atoms with E-state index >= 15 is 0 Å². The van der Waals surface area contributed by atoms with E-state index in [1.807, 2.05) is 0 Å². The highest BCUT2D eigenvalue weighted by Gasteiger charge is 1.88. The number of hydrogen-bond acceptors (Lipinski definition) is 3. The molecule has 0 aliphatic rings. The van der Waals surface area contributed by atoms with Gasteiger partial charge in [-0.1, -0.05) is 0 Å². The van der Waals surface area contributed by atoms with Crippen molar-refractivity contribution in [2.75, 3.05) is 5.73 Å². The molecule has 0 saturated heterocycles. The Balaban J connectivity index is 3.34. The molecule has 0 bridgehead atoms. The number of aromatic nitrogens is 2. The van der Waals surface area contributed by atoms with Gasteiger partial charge >= 0.3 is 0 Å². The Bertz CT molecular complexity index is 265. The van der Waals surface area contributed by atoms with E-state index in [0.29, 0.717) is 5.69 Å². The van der Waals surface area contributed by atoms with Crippen molar-refractivity contribution < 1.29 is 0 Å². The molecule has 48 valence electrons. The van der Waals surface area contributed by atoms with Crippen LogP contribution in [-0.4, -0.2) is 9.78 Å². The number of hydrogen-bond donors (Lipinski definition) is 1. The summed E-state index contributed by atoms with van der Waals surface area (Å²) >= 11 is 0. The van der Waals surface area contributed by atoms with Crippen LogP contribution in [0.5, 0.6) is 0 Å². The molecule has 0 aliphatic carbocycles. The first-order chi connectivity index (χ1) is 4.20. The normalized spacial score (nSPS) is 9.44. The largest absolute Gasteiger partial charge is 0.397 e. The number of anilines is 1. The lowest BCUT2D eigenvalue weighted by molar-refractivity contribution is 0.709. The minimum absolute atomic E-state index is 0.185. The molecule has 0 amide bonds. The van der Waals surface area contributed by atoms with Crippen molar-refractivity contribution in [1.82, 2.24) is 9.78 Å². The molecule has 0 fully saturated rings. The molecule has 4 heteroatoms. The molecule has 1 aromatic heterocycles. The molecule has 0 atom stereocenters. The molecule has 1 rings (SSSR count).